The average Bonchev–Trinajstić information content (AvgIpc) is 1.78. The number of aromatic amines is 2. The minimum absolute atomic E-state index is 0.105. The Hall–Kier alpha value is -9.92. The van der Waals surface area contributed by atoms with Crippen LogP contribution in [0.2, 0.25) is 0 Å². The Morgan fingerprint density at radius 2 is 0.910 bits per heavy atom. The van der Waals surface area contributed by atoms with E-state index in [0.717, 1.165) is 44.6 Å². The summed E-state index contributed by atoms with van der Waals surface area (Å²) in [7, 11) is 3.43. The summed E-state index contributed by atoms with van der Waals surface area (Å²) in [5.74, 6) is -2.50. The molecule has 27 nitrogen and oxygen atoms in total. The second-order valence-electron chi connectivity index (χ2n) is 26.1. The van der Waals surface area contributed by atoms with Crippen molar-refractivity contribution in [2.24, 2.45) is 5.73 Å². The summed E-state index contributed by atoms with van der Waals surface area (Å²) in [4.78, 5) is 160. The molecule has 8 rings (SSSR count). The summed E-state index contributed by atoms with van der Waals surface area (Å²) in [5.41, 5.74) is 13.7. The summed E-state index contributed by atoms with van der Waals surface area (Å²) >= 11 is 0. The number of hydrogen-bond donors (Lipinski definition) is 11. The highest BCUT2D eigenvalue weighted by atomic mass is 16.2. The molecule has 538 valence electrons. The number of hydrogen-bond acceptors (Lipinski definition) is 15. The normalized spacial score (nSPS) is 15.8. The number of rotatable bonds is 36. The molecule has 2 aliphatic rings. The van der Waals surface area contributed by atoms with E-state index in [-0.39, 0.29) is 88.6 Å². The van der Waals surface area contributed by atoms with Gasteiger partial charge in [0.25, 0.3) is 11.8 Å². The van der Waals surface area contributed by atoms with Gasteiger partial charge in [-0.05, 0) is 130 Å². The smallest absolute Gasteiger partial charge is 0.254 e. The van der Waals surface area contributed by atoms with Gasteiger partial charge in [0.1, 0.15) is 47.9 Å². The van der Waals surface area contributed by atoms with Crippen LogP contribution in [0.25, 0.3) is 22.1 Å². The van der Waals surface area contributed by atoms with Crippen LogP contribution in [0.15, 0.2) is 84.9 Å². The summed E-state index contributed by atoms with van der Waals surface area (Å²) in [6.07, 6.45) is 4.74. The maximum Gasteiger partial charge on any atom is 0.254 e. The first-order chi connectivity index (χ1) is 48.1. The number of nitrogens with two attached hydrogens (primary N) is 1. The summed E-state index contributed by atoms with van der Waals surface area (Å²) < 4.78 is 0. The van der Waals surface area contributed by atoms with E-state index in [9.17, 15) is 47.9 Å². The van der Waals surface area contributed by atoms with Crippen molar-refractivity contribution in [2.75, 3.05) is 50.9 Å². The Labute approximate surface area is 584 Å². The molecule has 0 bridgehead atoms. The van der Waals surface area contributed by atoms with E-state index in [4.69, 9.17) is 5.73 Å². The number of imidazole rings is 2. The van der Waals surface area contributed by atoms with Gasteiger partial charge in [0.2, 0.25) is 47.3 Å². The lowest BCUT2D eigenvalue weighted by molar-refractivity contribution is -0.133. The third-order valence-electron chi connectivity index (χ3n) is 18.2. The molecule has 1 unspecified atom stereocenters. The first kappa shape index (κ1) is 75.8. The number of nitrogens with one attached hydrogen (secondary N) is 10. The second kappa shape index (κ2) is 36.8. The van der Waals surface area contributed by atoms with Crippen LogP contribution in [0.5, 0.6) is 0 Å². The number of H-pyrrole nitrogens is 2. The topological polar surface area (TPSA) is 363 Å². The largest absolute Gasteiger partial charge is 0.373 e. The van der Waals surface area contributed by atoms with Gasteiger partial charge in [0.05, 0.1) is 41.2 Å². The van der Waals surface area contributed by atoms with Gasteiger partial charge in [-0.1, -0.05) is 91.5 Å². The zero-order valence-electron chi connectivity index (χ0n) is 59.0. The van der Waals surface area contributed by atoms with E-state index in [2.05, 4.69) is 62.5 Å². The van der Waals surface area contributed by atoms with Crippen molar-refractivity contribution in [2.45, 2.75) is 200 Å². The maximum absolute atomic E-state index is 13.9. The van der Waals surface area contributed by atoms with Gasteiger partial charge >= 0.3 is 0 Å². The fourth-order valence-electron chi connectivity index (χ4n) is 12.6. The third-order valence-corrected chi connectivity index (χ3v) is 18.2. The molecule has 0 spiro atoms. The molecule has 2 aromatic heterocycles. The van der Waals surface area contributed by atoms with Gasteiger partial charge in [0.15, 0.2) is 0 Å². The van der Waals surface area contributed by atoms with Gasteiger partial charge in [-0.25, -0.2) is 9.97 Å². The lowest BCUT2D eigenvalue weighted by atomic mass is 10.1. The molecular formula is C73H101N17O10. The number of para-hydroxylation sites is 4. The number of carbonyl (C=O) groups excluding carboxylic acids is 10. The van der Waals surface area contributed by atoms with E-state index in [1.807, 2.05) is 114 Å². The Balaban J connectivity index is 0.762. The first-order valence-corrected chi connectivity index (χ1v) is 35.4. The molecule has 4 heterocycles. The lowest BCUT2D eigenvalue weighted by Gasteiger charge is -2.25. The Morgan fingerprint density at radius 3 is 1.31 bits per heavy atom. The molecule has 100 heavy (non-hydrogen) atoms. The predicted molar refractivity (Wildman–Crippen MR) is 383 cm³/mol. The van der Waals surface area contributed by atoms with Crippen molar-refractivity contribution >= 4 is 92.5 Å². The molecule has 0 saturated heterocycles. The van der Waals surface area contributed by atoms with E-state index < -0.39 is 77.7 Å². The van der Waals surface area contributed by atoms with Crippen molar-refractivity contribution in [1.29, 1.82) is 0 Å². The molecular weight excluding hydrogens is 1270 g/mol. The van der Waals surface area contributed by atoms with Crippen LogP contribution >= 0.6 is 0 Å². The maximum atomic E-state index is 13.9. The first-order valence-electron chi connectivity index (χ1n) is 35.4. The van der Waals surface area contributed by atoms with Crippen LogP contribution in [-0.4, -0.2) is 181 Å². The van der Waals surface area contributed by atoms with Gasteiger partial charge in [-0.2, -0.15) is 0 Å². The molecule has 12 N–H and O–H groups in total. The monoisotopic (exact) mass is 1380 g/mol. The number of fused-ring (bicyclic) bond motifs is 4. The van der Waals surface area contributed by atoms with Crippen LogP contribution in [0.3, 0.4) is 0 Å². The highest BCUT2D eigenvalue weighted by Gasteiger charge is 2.33. The van der Waals surface area contributed by atoms with Crippen LogP contribution in [0.1, 0.15) is 175 Å². The van der Waals surface area contributed by atoms with E-state index >= 15 is 0 Å². The van der Waals surface area contributed by atoms with Crippen molar-refractivity contribution in [3.05, 3.63) is 119 Å². The van der Waals surface area contributed by atoms with Gasteiger partial charge in [-0.15, -0.1) is 0 Å². The van der Waals surface area contributed by atoms with Crippen LogP contribution in [0, 0.1) is 0 Å². The Morgan fingerprint density at radius 1 is 0.520 bits per heavy atom. The SMILES string of the molecule is CCC[C@H](NC(=O)CCC(N)C(=O)N[C@@H](CCC)C(=O)N[C@@H](CCC)C(=O)NCCCN1Cc2cc(C(=O)N(C)Cc3nc4ccccc4[nH]3)ccc2N[C@@H](CC)C1=O)C(=O)N[C@@H](CCC)C(=O)NCCCN1Cc2cc(C(=O)N(C)Cc3nc4ccccc4[nH]3)ccc2N[C@H](CC)C1=O. The van der Waals surface area contributed by atoms with Crippen LogP contribution < -0.4 is 48.3 Å². The molecule has 0 aliphatic carbocycles. The third kappa shape index (κ3) is 20.4. The zero-order chi connectivity index (χ0) is 72.0. The molecule has 7 atom stereocenters. The number of carbonyl (C=O) groups is 10. The number of benzene rings is 4. The number of nitrogens with zero attached hydrogens (tertiary/aromatic N) is 6. The van der Waals surface area contributed by atoms with Crippen molar-refractivity contribution in [1.82, 2.24) is 71.4 Å². The predicted octanol–water partition coefficient (Wildman–Crippen LogP) is 6.01. The summed E-state index contributed by atoms with van der Waals surface area (Å²) in [6, 6.07) is 20.0. The van der Waals surface area contributed by atoms with Gasteiger partial charge in [-0.3, -0.25) is 47.9 Å². The number of amides is 10. The molecule has 27 heteroatoms. The van der Waals surface area contributed by atoms with Gasteiger partial charge < -0.3 is 77.8 Å². The average molecular weight is 1380 g/mol. The number of aromatic nitrogens is 4. The molecule has 0 saturated carbocycles. The molecule has 6 aromatic rings. The molecule has 0 radical (unpaired) electrons. The van der Waals surface area contributed by atoms with Crippen molar-refractivity contribution in [3.63, 3.8) is 0 Å². The fraction of sp³-hybridized carbons (Fsp3) is 0.507. The van der Waals surface area contributed by atoms with E-state index in [1.54, 1.807) is 45.8 Å². The van der Waals surface area contributed by atoms with E-state index in [0.29, 0.717) is 100 Å². The van der Waals surface area contributed by atoms with Crippen LogP contribution in [0.4, 0.5) is 11.4 Å². The Kier molecular flexibility index (Phi) is 27.9. The molecule has 4 aromatic carbocycles. The lowest BCUT2D eigenvalue weighted by Crippen LogP contribution is -2.56. The molecule has 2 aliphatic heterocycles. The van der Waals surface area contributed by atoms with Crippen molar-refractivity contribution < 1.29 is 47.9 Å². The molecule has 0 fully saturated rings. The highest BCUT2D eigenvalue weighted by Crippen LogP contribution is 2.29. The minimum atomic E-state index is -1.21. The second-order valence-corrected chi connectivity index (χ2v) is 26.1. The van der Waals surface area contributed by atoms with Crippen molar-refractivity contribution in [3.8, 4) is 0 Å². The molecule has 10 amide bonds. The summed E-state index contributed by atoms with van der Waals surface area (Å²) in [5, 5.41) is 23.7. The Bertz CT molecular complexity index is 3790. The number of anilines is 2. The van der Waals surface area contributed by atoms with Gasteiger partial charge in [0, 0.05) is 82.3 Å². The highest BCUT2D eigenvalue weighted by molar-refractivity contribution is 5.98. The fourth-order valence-corrected chi connectivity index (χ4v) is 12.6. The quantitative estimate of drug-likeness (QED) is 0.0201. The minimum Gasteiger partial charge on any atom is -0.373 e. The summed E-state index contributed by atoms with van der Waals surface area (Å²) in [6.45, 7) is 13.3. The van der Waals surface area contributed by atoms with E-state index in [1.165, 1.54) is 0 Å². The zero-order valence-corrected chi connectivity index (χ0v) is 59.0. The standard InChI is InChI=1S/C73H101N17O10/c1-9-21-58(66(93)75-35-19-37-89-41-47-39-45(29-32-52(47)77-50(13-5)72(89)99)70(97)87(7)43-62-79-54-25-15-16-26-55(54)80-62)85-68(95)60(23-11-3)83-64(91)34-31-49(74)65(92)84-61(24-12-4)69(96)86-59(22-10-2)67(94)76-36-20-38-90-42-48-40-46(30-33-53(48)78-51(14-6)73(90)100)71(98)88(8)44-63-81-56-27-17-18-28-57(56)82-63/h15-18,25-30,32-33,39-40,49-51,58-61,77-78H,9-14,19-24,31,34-38,41-44,74H2,1-8H3,(H,75,93)(H,76,94)(H,79,80)(H,81,82)(H,83,91)(H,84,92)(H,85,95)(H,86,96)/t49?,50-,51+,58+,59+,60+,61+/m1/s1. The van der Waals surface area contributed by atoms with Crippen LogP contribution in [-0.2, 0) is 64.5 Å².